The van der Waals surface area contributed by atoms with Gasteiger partial charge in [0.1, 0.15) is 11.9 Å². The number of allylic oxidation sites excluding steroid dienone is 4. The van der Waals surface area contributed by atoms with E-state index < -0.39 is 6.43 Å². The minimum atomic E-state index is -2.80. The lowest BCUT2D eigenvalue weighted by Crippen LogP contribution is -2.43. The van der Waals surface area contributed by atoms with Crippen molar-refractivity contribution in [2.75, 3.05) is 44.3 Å². The van der Waals surface area contributed by atoms with Gasteiger partial charge in [-0.15, -0.1) is 0 Å². The van der Waals surface area contributed by atoms with Gasteiger partial charge in [0.2, 0.25) is 17.7 Å². The zero-order valence-corrected chi connectivity index (χ0v) is 27.3. The average molecular weight is 647 g/mol. The zero-order chi connectivity index (χ0) is 32.8. The number of halogens is 2. The van der Waals surface area contributed by atoms with Crippen LogP contribution < -0.4 is 9.64 Å². The number of carbonyl (C=O) groups excluding carboxylic acids is 1. The predicted molar refractivity (Wildman–Crippen MR) is 178 cm³/mol. The Hall–Kier alpha value is -4.12. The van der Waals surface area contributed by atoms with Gasteiger partial charge in [-0.05, 0) is 68.7 Å². The molecule has 4 heterocycles. The topological polar surface area (TPSA) is 85.6 Å². The minimum Gasteiger partial charge on any atom is -0.474 e. The van der Waals surface area contributed by atoms with Crippen LogP contribution in [0.5, 0.6) is 5.88 Å². The van der Waals surface area contributed by atoms with E-state index in [2.05, 4.69) is 30.1 Å². The number of hydrogen-bond acceptors (Lipinski definition) is 7. The van der Waals surface area contributed by atoms with Crippen LogP contribution in [0.25, 0.3) is 16.9 Å². The molecule has 9 nitrogen and oxygen atoms in total. The number of carbonyl (C=O) groups is 1. The molecule has 250 valence electrons. The Labute approximate surface area is 275 Å². The number of likely N-dealkylation sites (tertiary alicyclic amines) is 1. The molecule has 1 aromatic carbocycles. The summed E-state index contributed by atoms with van der Waals surface area (Å²) in [4.78, 5) is 31.3. The minimum absolute atomic E-state index is 0.0425. The number of amides is 1. The first kappa shape index (κ1) is 32.8. The van der Waals surface area contributed by atoms with E-state index in [9.17, 15) is 13.6 Å². The van der Waals surface area contributed by atoms with Crippen molar-refractivity contribution in [3.8, 4) is 11.7 Å². The van der Waals surface area contributed by atoms with E-state index >= 15 is 0 Å². The molecule has 3 aromatic rings. The largest absolute Gasteiger partial charge is 0.474 e. The number of unbranched alkanes of at least 4 members (excludes halogenated alkanes) is 1. The van der Waals surface area contributed by atoms with E-state index in [1.165, 1.54) is 15.7 Å². The predicted octanol–water partition coefficient (Wildman–Crippen LogP) is 6.99. The average Bonchev–Trinajstić information content (AvgIpc) is 3.51. The molecule has 0 atom stereocenters. The van der Waals surface area contributed by atoms with Crippen LogP contribution in [0.2, 0.25) is 0 Å². The lowest BCUT2D eigenvalue weighted by atomic mass is 9.85. The molecule has 2 aromatic heterocycles. The first-order valence-corrected chi connectivity index (χ1v) is 16.9. The SMILES string of the molecule is C\C=C/C=C1/CCN(C(=O)C2CCC(Oc3cc(-n4c(C(F)F)nc5ccccc54)nc(N4CCOCC4)n3)CC2)C/C1=C\CCC. The Morgan fingerprint density at radius 2 is 1.85 bits per heavy atom. The first-order valence-electron chi connectivity index (χ1n) is 16.9. The van der Waals surface area contributed by atoms with Gasteiger partial charge in [-0.1, -0.05) is 49.8 Å². The van der Waals surface area contributed by atoms with Crippen molar-refractivity contribution in [1.82, 2.24) is 24.4 Å². The summed E-state index contributed by atoms with van der Waals surface area (Å²) in [5.41, 5.74) is 3.58. The van der Waals surface area contributed by atoms with E-state index in [1.807, 2.05) is 22.8 Å². The molecule has 6 rings (SSSR count). The van der Waals surface area contributed by atoms with E-state index in [0.717, 1.165) is 38.6 Å². The van der Waals surface area contributed by atoms with Crippen LogP contribution in [0.15, 0.2) is 65.8 Å². The molecule has 3 aliphatic rings. The molecule has 1 amide bonds. The summed E-state index contributed by atoms with van der Waals surface area (Å²) in [6.45, 7) is 7.81. The number of hydrogen-bond donors (Lipinski definition) is 0. The zero-order valence-electron chi connectivity index (χ0n) is 27.3. The van der Waals surface area contributed by atoms with Crippen LogP contribution in [0.4, 0.5) is 14.7 Å². The summed E-state index contributed by atoms with van der Waals surface area (Å²) in [6.07, 6.45) is 11.5. The Morgan fingerprint density at radius 3 is 2.60 bits per heavy atom. The molecule has 2 saturated heterocycles. The van der Waals surface area contributed by atoms with E-state index in [-0.39, 0.29) is 29.6 Å². The third-order valence-electron chi connectivity index (χ3n) is 9.20. The fourth-order valence-electron chi connectivity index (χ4n) is 6.68. The maximum atomic E-state index is 14.2. The molecule has 2 aliphatic heterocycles. The highest BCUT2D eigenvalue weighted by Gasteiger charge is 2.33. The quantitative estimate of drug-likeness (QED) is 0.248. The molecule has 0 bridgehead atoms. The monoisotopic (exact) mass is 646 g/mol. The summed E-state index contributed by atoms with van der Waals surface area (Å²) in [5, 5.41) is 0. The smallest absolute Gasteiger partial charge is 0.296 e. The van der Waals surface area contributed by atoms with Gasteiger partial charge in [-0.25, -0.2) is 13.8 Å². The highest BCUT2D eigenvalue weighted by molar-refractivity contribution is 5.80. The Morgan fingerprint density at radius 1 is 1.06 bits per heavy atom. The van der Waals surface area contributed by atoms with Gasteiger partial charge in [0.25, 0.3) is 6.43 Å². The van der Waals surface area contributed by atoms with Crippen molar-refractivity contribution in [2.24, 2.45) is 5.92 Å². The Balaban J connectivity index is 1.18. The lowest BCUT2D eigenvalue weighted by Gasteiger charge is -2.36. The number of alkyl halides is 2. The number of anilines is 1. The fourth-order valence-corrected chi connectivity index (χ4v) is 6.68. The molecule has 0 radical (unpaired) electrons. The first-order chi connectivity index (χ1) is 22.9. The molecule has 1 aliphatic carbocycles. The molecule has 47 heavy (non-hydrogen) atoms. The number of morpholine rings is 1. The Bertz CT molecular complexity index is 1640. The fraction of sp³-hybridized carbons (Fsp3) is 0.500. The van der Waals surface area contributed by atoms with Crippen molar-refractivity contribution < 1.29 is 23.0 Å². The summed E-state index contributed by atoms with van der Waals surface area (Å²) in [7, 11) is 0. The normalized spacial score (nSPS) is 22.7. The highest BCUT2D eigenvalue weighted by Crippen LogP contribution is 2.33. The van der Waals surface area contributed by atoms with Crippen molar-refractivity contribution >= 4 is 22.9 Å². The molecular weight excluding hydrogens is 602 g/mol. The van der Waals surface area contributed by atoms with E-state index in [1.54, 1.807) is 30.3 Å². The van der Waals surface area contributed by atoms with Crippen LogP contribution in [-0.2, 0) is 9.53 Å². The summed E-state index contributed by atoms with van der Waals surface area (Å²) in [5.74, 6) is 0.816. The van der Waals surface area contributed by atoms with Gasteiger partial charge in [0.15, 0.2) is 5.82 Å². The van der Waals surface area contributed by atoms with Crippen LogP contribution in [0.3, 0.4) is 0 Å². The summed E-state index contributed by atoms with van der Waals surface area (Å²) >= 11 is 0. The van der Waals surface area contributed by atoms with Crippen molar-refractivity contribution in [3.63, 3.8) is 0 Å². The second-order valence-electron chi connectivity index (χ2n) is 12.4. The summed E-state index contributed by atoms with van der Waals surface area (Å²) < 4.78 is 41.8. The highest BCUT2D eigenvalue weighted by atomic mass is 19.3. The maximum Gasteiger partial charge on any atom is 0.296 e. The van der Waals surface area contributed by atoms with Crippen molar-refractivity contribution in [1.29, 1.82) is 0 Å². The van der Waals surface area contributed by atoms with Crippen LogP contribution in [-0.4, -0.2) is 75.8 Å². The third-order valence-corrected chi connectivity index (χ3v) is 9.20. The van der Waals surface area contributed by atoms with Gasteiger partial charge in [-0.2, -0.15) is 9.97 Å². The van der Waals surface area contributed by atoms with Gasteiger partial charge in [-0.3, -0.25) is 9.36 Å². The number of imidazole rings is 1. The number of rotatable bonds is 9. The van der Waals surface area contributed by atoms with E-state index in [4.69, 9.17) is 19.4 Å². The summed E-state index contributed by atoms with van der Waals surface area (Å²) in [6, 6.07) is 8.66. The molecule has 11 heteroatoms. The van der Waals surface area contributed by atoms with E-state index in [0.29, 0.717) is 68.6 Å². The van der Waals surface area contributed by atoms with Crippen LogP contribution in [0.1, 0.15) is 71.0 Å². The number of nitrogens with zero attached hydrogens (tertiary/aromatic N) is 6. The number of aromatic nitrogens is 4. The molecular formula is C36H44F2N6O3. The van der Waals surface area contributed by atoms with Crippen molar-refractivity contribution in [3.05, 3.63) is 71.6 Å². The maximum absolute atomic E-state index is 14.2. The molecule has 1 saturated carbocycles. The number of ether oxygens (including phenoxy) is 2. The molecule has 0 unspecified atom stereocenters. The van der Waals surface area contributed by atoms with Gasteiger partial charge in [0.05, 0.1) is 24.2 Å². The molecule has 3 fully saturated rings. The second kappa shape index (κ2) is 15.2. The number of para-hydroxylation sites is 2. The lowest BCUT2D eigenvalue weighted by molar-refractivity contribution is -0.137. The molecule has 0 N–H and O–H groups in total. The second-order valence-corrected chi connectivity index (χ2v) is 12.4. The molecule has 0 spiro atoms. The van der Waals surface area contributed by atoms with Crippen LogP contribution in [0, 0.1) is 5.92 Å². The standard InChI is InChI=1S/C36H44F2N6O3/c1-3-5-9-25-17-18-43(24-27(25)10-6-4-2)35(45)26-13-15-28(16-14-26)47-32-23-31(40-36(41-32)42-19-21-46-22-20-42)44-30-12-8-7-11-29(30)39-34(44)33(37)38/h3,5,7-12,23,26,28,33H,4,6,13-22,24H2,1-2H3/b5-3-,25-9-,27-10+. The number of benzene rings is 1. The van der Waals surface area contributed by atoms with Gasteiger partial charge >= 0.3 is 0 Å². The van der Waals surface area contributed by atoms with Gasteiger partial charge < -0.3 is 19.3 Å². The Kier molecular flexibility index (Phi) is 10.6. The van der Waals surface area contributed by atoms with Gasteiger partial charge in [0, 0.05) is 38.2 Å². The number of fused-ring (bicyclic) bond motifs is 1. The third kappa shape index (κ3) is 7.56. The van der Waals surface area contributed by atoms with Crippen molar-refractivity contribution in [2.45, 2.75) is 71.3 Å². The number of piperidine rings is 1. The van der Waals surface area contributed by atoms with Crippen LogP contribution >= 0.6 is 0 Å².